The lowest BCUT2D eigenvalue weighted by Gasteiger charge is -2.36. The molecular weight excluding hydrogens is 440 g/mol. The maximum absolute atomic E-state index is 14.0. The summed E-state index contributed by atoms with van der Waals surface area (Å²) in [6.07, 6.45) is 0.356. The maximum Gasteiger partial charge on any atom is 0.244 e. The van der Waals surface area contributed by atoms with Crippen molar-refractivity contribution in [2.75, 3.05) is 0 Å². The van der Waals surface area contributed by atoms with Gasteiger partial charge in [0.15, 0.2) is 0 Å². The van der Waals surface area contributed by atoms with Crippen LogP contribution in [0.25, 0.3) is 0 Å². The second-order valence-electron chi connectivity index (χ2n) is 8.43. The molecule has 2 heterocycles. The average Bonchev–Trinajstić information content (AvgIpc) is 3.29. The first-order valence-electron chi connectivity index (χ1n) is 10.7. The van der Waals surface area contributed by atoms with Gasteiger partial charge in [-0.1, -0.05) is 36.4 Å². The third-order valence-corrected chi connectivity index (χ3v) is 9.39. The molecule has 2 aromatic carbocycles. The molecular formula is C25H28N2O3S2. The Morgan fingerprint density at radius 1 is 1.03 bits per heavy atom. The summed E-state index contributed by atoms with van der Waals surface area (Å²) in [5, 5.41) is 4.92. The molecule has 0 spiro atoms. The zero-order chi connectivity index (χ0) is 23.0. The van der Waals surface area contributed by atoms with Crippen molar-refractivity contribution in [3.05, 3.63) is 86.1 Å². The van der Waals surface area contributed by atoms with Crippen LogP contribution in [0.2, 0.25) is 0 Å². The van der Waals surface area contributed by atoms with Crippen LogP contribution in [-0.2, 0) is 34.3 Å². The van der Waals surface area contributed by atoms with Crippen molar-refractivity contribution in [2.45, 2.75) is 58.1 Å². The molecule has 168 valence electrons. The minimum atomic E-state index is -3.90. The second kappa shape index (κ2) is 8.81. The molecule has 1 atom stereocenters. The van der Waals surface area contributed by atoms with E-state index in [4.69, 9.17) is 0 Å². The molecule has 0 bridgehead atoms. The maximum atomic E-state index is 14.0. The van der Waals surface area contributed by atoms with E-state index >= 15 is 0 Å². The molecule has 1 amide bonds. The minimum absolute atomic E-state index is 0.182. The molecule has 7 heteroatoms. The van der Waals surface area contributed by atoms with Gasteiger partial charge in [0.05, 0.1) is 11.4 Å². The Bertz CT molecular complexity index is 1240. The van der Waals surface area contributed by atoms with Crippen LogP contribution in [0.15, 0.2) is 52.7 Å². The third kappa shape index (κ3) is 4.12. The number of aryl methyl sites for hydroxylation is 2. The molecule has 4 rings (SSSR count). The fourth-order valence-corrected chi connectivity index (χ4v) is 7.15. The molecule has 5 nitrogen and oxygen atoms in total. The van der Waals surface area contributed by atoms with Crippen LogP contribution < -0.4 is 5.32 Å². The van der Waals surface area contributed by atoms with Crippen LogP contribution >= 0.6 is 11.3 Å². The normalized spacial score (nSPS) is 16.6. The largest absolute Gasteiger partial charge is 0.350 e. The Morgan fingerprint density at radius 2 is 1.69 bits per heavy atom. The van der Waals surface area contributed by atoms with E-state index in [9.17, 15) is 13.2 Å². The Balaban J connectivity index is 1.76. The lowest BCUT2D eigenvalue weighted by Crippen LogP contribution is -2.52. The van der Waals surface area contributed by atoms with Gasteiger partial charge in [0.25, 0.3) is 0 Å². The number of fused-ring (bicyclic) bond motifs is 1. The van der Waals surface area contributed by atoms with Crippen LogP contribution in [-0.4, -0.2) is 24.7 Å². The Kier molecular flexibility index (Phi) is 6.25. The Hall–Kier alpha value is -2.48. The highest BCUT2D eigenvalue weighted by molar-refractivity contribution is 7.89. The molecule has 0 saturated carbocycles. The van der Waals surface area contributed by atoms with Crippen LogP contribution in [0.1, 0.15) is 38.3 Å². The predicted molar refractivity (Wildman–Crippen MR) is 128 cm³/mol. The molecule has 1 N–H and O–H groups in total. The number of thiophene rings is 1. The van der Waals surface area contributed by atoms with E-state index in [0.717, 1.165) is 38.3 Å². The predicted octanol–water partition coefficient (Wildman–Crippen LogP) is 4.41. The van der Waals surface area contributed by atoms with E-state index in [1.165, 1.54) is 4.31 Å². The van der Waals surface area contributed by atoms with Crippen LogP contribution in [0.3, 0.4) is 0 Å². The first-order chi connectivity index (χ1) is 15.2. The smallest absolute Gasteiger partial charge is 0.244 e. The summed E-state index contributed by atoms with van der Waals surface area (Å²) in [6.45, 7) is 8.12. The van der Waals surface area contributed by atoms with E-state index in [1.807, 2.05) is 75.5 Å². The van der Waals surface area contributed by atoms with Gasteiger partial charge in [-0.25, -0.2) is 8.42 Å². The first-order valence-corrected chi connectivity index (χ1v) is 13.0. The molecule has 3 aromatic rings. The molecule has 1 aliphatic heterocycles. The molecule has 1 aromatic heterocycles. The molecule has 0 aliphatic carbocycles. The number of nitrogens with one attached hydrogen (secondary N) is 1. The van der Waals surface area contributed by atoms with Gasteiger partial charge in [-0.2, -0.15) is 4.31 Å². The first kappa shape index (κ1) is 22.7. The zero-order valence-corrected chi connectivity index (χ0v) is 20.4. The molecule has 0 radical (unpaired) electrons. The summed E-state index contributed by atoms with van der Waals surface area (Å²) < 4.78 is 29.5. The van der Waals surface area contributed by atoms with E-state index in [0.29, 0.717) is 17.9 Å². The zero-order valence-electron chi connectivity index (χ0n) is 18.8. The third-order valence-electron chi connectivity index (χ3n) is 6.39. The number of hydrogen-bond donors (Lipinski definition) is 1. The summed E-state index contributed by atoms with van der Waals surface area (Å²) in [7, 11) is -3.90. The lowest BCUT2D eigenvalue weighted by atomic mass is 9.95. The molecule has 0 unspecified atom stereocenters. The quantitative estimate of drug-likeness (QED) is 0.603. The van der Waals surface area contributed by atoms with Gasteiger partial charge in [0, 0.05) is 11.4 Å². The summed E-state index contributed by atoms with van der Waals surface area (Å²) in [5.74, 6) is -0.267. The Labute approximate surface area is 194 Å². The number of hydrogen-bond acceptors (Lipinski definition) is 4. The highest BCUT2D eigenvalue weighted by atomic mass is 32.2. The second-order valence-corrected chi connectivity index (χ2v) is 11.3. The molecule has 0 fully saturated rings. The van der Waals surface area contributed by atoms with Gasteiger partial charge >= 0.3 is 0 Å². The molecule has 1 aliphatic rings. The summed E-state index contributed by atoms with van der Waals surface area (Å²) in [4.78, 5) is 14.6. The topological polar surface area (TPSA) is 66.5 Å². The number of sulfonamides is 1. The number of carbonyl (C=O) groups excluding carboxylic acids is 1. The minimum Gasteiger partial charge on any atom is -0.350 e. The fourth-order valence-electron chi connectivity index (χ4n) is 4.37. The van der Waals surface area contributed by atoms with Gasteiger partial charge in [-0.3, -0.25) is 4.79 Å². The molecule has 0 saturated heterocycles. The highest BCUT2D eigenvalue weighted by Crippen LogP contribution is 2.34. The van der Waals surface area contributed by atoms with Gasteiger partial charge in [0.2, 0.25) is 15.9 Å². The number of amides is 1. The van der Waals surface area contributed by atoms with Crippen molar-refractivity contribution in [1.82, 2.24) is 9.62 Å². The van der Waals surface area contributed by atoms with E-state index in [1.54, 1.807) is 11.3 Å². The van der Waals surface area contributed by atoms with Crippen molar-refractivity contribution < 1.29 is 13.2 Å². The van der Waals surface area contributed by atoms with E-state index in [2.05, 4.69) is 5.32 Å². The SMILES string of the molecule is Cc1cc(C)c(C)c(S(=O)(=O)N2Cc3ccccc3C[C@@H]2C(=O)NCc2cccs2)c1C. The number of carbonyl (C=O) groups is 1. The summed E-state index contributed by atoms with van der Waals surface area (Å²) in [5.41, 5.74) is 5.31. The number of nitrogens with zero attached hydrogens (tertiary/aromatic N) is 1. The average molecular weight is 469 g/mol. The van der Waals surface area contributed by atoms with Gasteiger partial charge < -0.3 is 5.32 Å². The summed E-state index contributed by atoms with van der Waals surface area (Å²) >= 11 is 1.56. The van der Waals surface area contributed by atoms with Crippen molar-refractivity contribution >= 4 is 27.3 Å². The van der Waals surface area contributed by atoms with Gasteiger partial charge in [-0.15, -0.1) is 11.3 Å². The highest BCUT2D eigenvalue weighted by Gasteiger charge is 2.41. The lowest BCUT2D eigenvalue weighted by molar-refractivity contribution is -0.125. The van der Waals surface area contributed by atoms with Crippen molar-refractivity contribution in [3.63, 3.8) is 0 Å². The monoisotopic (exact) mass is 468 g/mol. The van der Waals surface area contributed by atoms with E-state index < -0.39 is 16.1 Å². The number of benzene rings is 2. The van der Waals surface area contributed by atoms with Crippen molar-refractivity contribution in [2.24, 2.45) is 0 Å². The van der Waals surface area contributed by atoms with Gasteiger partial charge in [0.1, 0.15) is 6.04 Å². The van der Waals surface area contributed by atoms with Crippen LogP contribution in [0, 0.1) is 27.7 Å². The van der Waals surface area contributed by atoms with E-state index in [-0.39, 0.29) is 12.5 Å². The van der Waals surface area contributed by atoms with Crippen LogP contribution in [0.4, 0.5) is 0 Å². The van der Waals surface area contributed by atoms with Gasteiger partial charge in [-0.05, 0) is 78.9 Å². The number of rotatable bonds is 5. The Morgan fingerprint density at radius 3 is 2.31 bits per heavy atom. The standard InChI is InChI=1S/C25H28N2O3S2/c1-16-12-17(2)19(4)24(18(16)3)32(29,30)27-15-21-9-6-5-8-20(21)13-23(27)25(28)26-14-22-10-7-11-31-22/h5-12,23H,13-15H2,1-4H3,(H,26,28)/t23-/m1/s1. The summed E-state index contributed by atoms with van der Waals surface area (Å²) in [6, 6.07) is 12.9. The fraction of sp³-hybridized carbons (Fsp3) is 0.320. The van der Waals surface area contributed by atoms with Crippen LogP contribution in [0.5, 0.6) is 0 Å². The van der Waals surface area contributed by atoms with Crippen molar-refractivity contribution in [1.29, 1.82) is 0 Å². The van der Waals surface area contributed by atoms with Crippen molar-refractivity contribution in [3.8, 4) is 0 Å². The molecule has 32 heavy (non-hydrogen) atoms.